The smallest absolute Gasteiger partial charge is 0.204 e. The molecule has 0 fully saturated rings. The van der Waals surface area contributed by atoms with E-state index in [1.165, 1.54) is 0 Å². The molecule has 78 valence electrons. The number of fused-ring (bicyclic) bond motifs is 3. The van der Waals surface area contributed by atoms with Gasteiger partial charge in [-0.05, 0) is 18.6 Å². The third kappa shape index (κ3) is 1.17. The Kier molecular flexibility index (Phi) is 1.80. The number of benzene rings is 1. The Labute approximate surface area is 87.9 Å². The molecule has 2 heterocycles. The third-order valence-corrected chi connectivity index (χ3v) is 2.80. The molecule has 1 aromatic heterocycles. The number of methoxy groups -OCH3 is 1. The lowest BCUT2D eigenvalue weighted by Crippen LogP contribution is -2.16. The first-order valence-corrected chi connectivity index (χ1v) is 5.17. The summed E-state index contributed by atoms with van der Waals surface area (Å²) in [6.45, 7) is 2.04. The van der Waals surface area contributed by atoms with Gasteiger partial charge in [0.25, 0.3) is 0 Å². The summed E-state index contributed by atoms with van der Waals surface area (Å²) in [7, 11) is 1.68. The summed E-state index contributed by atoms with van der Waals surface area (Å²) < 4.78 is 7.51. The lowest BCUT2D eigenvalue weighted by Gasteiger charge is -2.15. The molecule has 0 amide bonds. The van der Waals surface area contributed by atoms with Gasteiger partial charge in [-0.25, -0.2) is 4.98 Å². The summed E-state index contributed by atoms with van der Waals surface area (Å²) in [5.74, 6) is 1.80. The highest BCUT2D eigenvalue weighted by Gasteiger charge is 2.15. The molecular weight excluding hydrogens is 190 g/mol. The van der Waals surface area contributed by atoms with E-state index in [2.05, 4.69) is 20.9 Å². The fourth-order valence-corrected chi connectivity index (χ4v) is 2.08. The molecule has 0 radical (unpaired) electrons. The van der Waals surface area contributed by atoms with Crippen LogP contribution in [-0.4, -0.2) is 23.2 Å². The largest absolute Gasteiger partial charge is 0.494 e. The fourth-order valence-electron chi connectivity index (χ4n) is 2.08. The molecule has 0 saturated carbocycles. The van der Waals surface area contributed by atoms with Crippen molar-refractivity contribution in [2.24, 2.45) is 0 Å². The van der Waals surface area contributed by atoms with E-state index in [4.69, 9.17) is 4.74 Å². The van der Waals surface area contributed by atoms with E-state index >= 15 is 0 Å². The summed E-state index contributed by atoms with van der Waals surface area (Å²) >= 11 is 0. The van der Waals surface area contributed by atoms with E-state index in [0.29, 0.717) is 0 Å². The van der Waals surface area contributed by atoms with E-state index in [0.717, 1.165) is 42.2 Å². The number of anilines is 1. The van der Waals surface area contributed by atoms with Crippen molar-refractivity contribution in [1.82, 2.24) is 9.55 Å². The fraction of sp³-hybridized carbons (Fsp3) is 0.364. The second-order valence-corrected chi connectivity index (χ2v) is 3.70. The van der Waals surface area contributed by atoms with Crippen molar-refractivity contribution in [2.45, 2.75) is 13.0 Å². The van der Waals surface area contributed by atoms with Crippen molar-refractivity contribution in [3.05, 3.63) is 18.2 Å². The number of hydrogen-bond donors (Lipinski definition) is 1. The number of imidazole rings is 1. The SMILES string of the molecule is COc1cccc2c1nc1n2CCCN1. The Morgan fingerprint density at radius 2 is 2.40 bits per heavy atom. The van der Waals surface area contributed by atoms with Gasteiger partial charge in [-0.1, -0.05) is 6.07 Å². The van der Waals surface area contributed by atoms with Crippen LogP contribution in [-0.2, 0) is 6.54 Å². The topological polar surface area (TPSA) is 39.1 Å². The molecule has 3 rings (SSSR count). The van der Waals surface area contributed by atoms with Crippen molar-refractivity contribution in [3.63, 3.8) is 0 Å². The lowest BCUT2D eigenvalue weighted by molar-refractivity contribution is 0.419. The van der Waals surface area contributed by atoms with E-state index in [9.17, 15) is 0 Å². The predicted molar refractivity (Wildman–Crippen MR) is 59.4 cm³/mol. The standard InChI is InChI=1S/C11H13N3O/c1-15-9-5-2-4-8-10(9)13-11-12-6-3-7-14(8)11/h2,4-5H,3,6-7H2,1H3,(H,12,13). The molecule has 0 aliphatic carbocycles. The number of rotatable bonds is 1. The van der Waals surface area contributed by atoms with Gasteiger partial charge in [0.05, 0.1) is 12.6 Å². The van der Waals surface area contributed by atoms with Crippen LogP contribution in [0, 0.1) is 0 Å². The van der Waals surface area contributed by atoms with Crippen LogP contribution in [0.1, 0.15) is 6.42 Å². The van der Waals surface area contributed by atoms with Crippen molar-refractivity contribution in [3.8, 4) is 5.75 Å². The van der Waals surface area contributed by atoms with Crippen LogP contribution in [0.3, 0.4) is 0 Å². The first-order chi connectivity index (χ1) is 7.40. The average Bonchev–Trinajstić information content (AvgIpc) is 2.67. The number of aromatic nitrogens is 2. The number of hydrogen-bond acceptors (Lipinski definition) is 3. The molecule has 1 aliphatic rings. The quantitative estimate of drug-likeness (QED) is 0.769. The van der Waals surface area contributed by atoms with Gasteiger partial charge in [0.2, 0.25) is 5.95 Å². The number of ether oxygens (including phenoxy) is 1. The molecular formula is C11H13N3O. The van der Waals surface area contributed by atoms with E-state index in [1.54, 1.807) is 7.11 Å². The Bertz CT molecular complexity index is 504. The molecule has 1 N–H and O–H groups in total. The predicted octanol–water partition coefficient (Wildman–Crippen LogP) is 1.86. The van der Waals surface area contributed by atoms with Crippen molar-refractivity contribution >= 4 is 17.0 Å². The highest BCUT2D eigenvalue weighted by Crippen LogP contribution is 2.29. The first-order valence-electron chi connectivity index (χ1n) is 5.17. The highest BCUT2D eigenvalue weighted by atomic mass is 16.5. The molecule has 15 heavy (non-hydrogen) atoms. The Balaban J connectivity index is 2.31. The van der Waals surface area contributed by atoms with Gasteiger partial charge < -0.3 is 14.6 Å². The molecule has 0 unspecified atom stereocenters. The second-order valence-electron chi connectivity index (χ2n) is 3.70. The minimum Gasteiger partial charge on any atom is -0.494 e. The second kappa shape index (κ2) is 3.15. The minimum atomic E-state index is 0.844. The number of nitrogens with one attached hydrogen (secondary N) is 1. The van der Waals surface area contributed by atoms with E-state index < -0.39 is 0 Å². The zero-order chi connectivity index (χ0) is 10.3. The minimum absolute atomic E-state index is 0.844. The van der Waals surface area contributed by atoms with Crippen LogP contribution >= 0.6 is 0 Å². The maximum atomic E-state index is 5.30. The number of nitrogens with zero attached hydrogens (tertiary/aromatic N) is 2. The number of para-hydroxylation sites is 1. The van der Waals surface area contributed by atoms with Crippen LogP contribution in [0.25, 0.3) is 11.0 Å². The van der Waals surface area contributed by atoms with Crippen LogP contribution in [0.15, 0.2) is 18.2 Å². The van der Waals surface area contributed by atoms with Crippen molar-refractivity contribution < 1.29 is 4.74 Å². The van der Waals surface area contributed by atoms with E-state index in [1.807, 2.05) is 12.1 Å². The summed E-state index contributed by atoms with van der Waals surface area (Å²) in [6.07, 6.45) is 1.15. The molecule has 0 spiro atoms. The summed E-state index contributed by atoms with van der Waals surface area (Å²) in [4.78, 5) is 4.55. The zero-order valence-electron chi connectivity index (χ0n) is 8.66. The summed E-state index contributed by atoms with van der Waals surface area (Å²) in [5.41, 5.74) is 2.10. The molecule has 1 aromatic carbocycles. The van der Waals surface area contributed by atoms with Crippen LogP contribution in [0.4, 0.5) is 5.95 Å². The molecule has 0 bridgehead atoms. The normalized spacial score (nSPS) is 14.7. The Morgan fingerprint density at radius 3 is 3.27 bits per heavy atom. The highest BCUT2D eigenvalue weighted by molar-refractivity contribution is 5.84. The van der Waals surface area contributed by atoms with Gasteiger partial charge in [0, 0.05) is 13.1 Å². The van der Waals surface area contributed by atoms with Gasteiger partial charge >= 0.3 is 0 Å². The third-order valence-electron chi connectivity index (χ3n) is 2.80. The monoisotopic (exact) mass is 203 g/mol. The van der Waals surface area contributed by atoms with E-state index in [-0.39, 0.29) is 0 Å². The Hall–Kier alpha value is -1.71. The molecule has 0 saturated heterocycles. The van der Waals surface area contributed by atoms with Gasteiger partial charge in [-0.3, -0.25) is 0 Å². The molecule has 1 aliphatic heterocycles. The van der Waals surface area contributed by atoms with Gasteiger partial charge in [-0.2, -0.15) is 0 Å². The first kappa shape index (κ1) is 8.59. The summed E-state index contributed by atoms with van der Waals surface area (Å²) in [5, 5.41) is 3.30. The summed E-state index contributed by atoms with van der Waals surface area (Å²) in [6, 6.07) is 6.04. The van der Waals surface area contributed by atoms with Gasteiger partial charge in [0.1, 0.15) is 11.3 Å². The molecule has 0 atom stereocenters. The maximum absolute atomic E-state index is 5.30. The van der Waals surface area contributed by atoms with Gasteiger partial charge in [0.15, 0.2) is 0 Å². The molecule has 2 aromatic rings. The zero-order valence-corrected chi connectivity index (χ0v) is 8.66. The average molecular weight is 203 g/mol. The van der Waals surface area contributed by atoms with Crippen LogP contribution in [0.5, 0.6) is 5.75 Å². The Morgan fingerprint density at radius 1 is 1.47 bits per heavy atom. The van der Waals surface area contributed by atoms with Crippen LogP contribution in [0.2, 0.25) is 0 Å². The van der Waals surface area contributed by atoms with Crippen molar-refractivity contribution in [1.29, 1.82) is 0 Å². The van der Waals surface area contributed by atoms with Crippen molar-refractivity contribution in [2.75, 3.05) is 19.0 Å². The van der Waals surface area contributed by atoms with Crippen LogP contribution < -0.4 is 10.1 Å². The number of aryl methyl sites for hydroxylation is 1. The van der Waals surface area contributed by atoms with Gasteiger partial charge in [-0.15, -0.1) is 0 Å². The molecule has 4 nitrogen and oxygen atoms in total. The lowest BCUT2D eigenvalue weighted by atomic mass is 10.3. The maximum Gasteiger partial charge on any atom is 0.204 e. The molecule has 4 heteroatoms.